The summed E-state index contributed by atoms with van der Waals surface area (Å²) in [5.41, 5.74) is 4.63. The molecule has 0 saturated carbocycles. The maximum absolute atomic E-state index is 12.3. The molecule has 5 rings (SSSR count). The molecule has 0 bridgehead atoms. The fourth-order valence-electron chi connectivity index (χ4n) is 4.22. The first-order chi connectivity index (χ1) is 17.1. The van der Waals surface area contributed by atoms with Crippen molar-refractivity contribution in [1.82, 2.24) is 15.3 Å². The van der Waals surface area contributed by atoms with Gasteiger partial charge in [0.1, 0.15) is 11.8 Å². The lowest BCUT2D eigenvalue weighted by atomic mass is 10.0. The topological polar surface area (TPSA) is 82.3 Å². The maximum atomic E-state index is 12.3. The number of benzene rings is 2. The maximum Gasteiger partial charge on any atom is 0.262 e. The van der Waals surface area contributed by atoms with E-state index < -0.39 is 0 Å². The summed E-state index contributed by atoms with van der Waals surface area (Å²) >= 11 is 5.75. The van der Waals surface area contributed by atoms with Crippen LogP contribution in [-0.2, 0) is 4.79 Å². The molecule has 176 valence electrons. The molecule has 3 N–H and O–H groups in total. The van der Waals surface area contributed by atoms with Crippen LogP contribution in [0.1, 0.15) is 29.2 Å². The van der Waals surface area contributed by atoms with E-state index in [0.717, 1.165) is 22.8 Å². The predicted octanol–water partition coefficient (Wildman–Crippen LogP) is 4.91. The molecular formula is C27H25N5O2S. The Hall–Kier alpha value is -4.17. The van der Waals surface area contributed by atoms with Crippen LogP contribution in [0.25, 0.3) is 0 Å². The van der Waals surface area contributed by atoms with Gasteiger partial charge < -0.3 is 25.3 Å². The zero-order valence-corrected chi connectivity index (χ0v) is 20.0. The van der Waals surface area contributed by atoms with Gasteiger partial charge in [0.05, 0.1) is 11.7 Å². The number of nitrogens with one attached hydrogen (secondary N) is 3. The van der Waals surface area contributed by atoms with E-state index in [9.17, 15) is 4.79 Å². The minimum absolute atomic E-state index is 0.0636. The molecule has 2 atom stereocenters. The molecule has 2 aromatic carbocycles. The SMILES string of the molecule is Cc1ccc([C@H]2[C@H](c3ccccn3)NC(=S)N2c2ccc(NC(=O)COc3ccccc3)cc2)[nH]1. The van der Waals surface area contributed by atoms with Crippen LogP contribution in [-0.4, -0.2) is 27.6 Å². The molecule has 1 aliphatic heterocycles. The molecule has 4 aromatic rings. The van der Waals surface area contributed by atoms with Crippen molar-refractivity contribution < 1.29 is 9.53 Å². The Labute approximate surface area is 209 Å². The monoisotopic (exact) mass is 483 g/mol. The number of hydrogen-bond donors (Lipinski definition) is 3. The van der Waals surface area contributed by atoms with Crippen LogP contribution in [0.4, 0.5) is 11.4 Å². The van der Waals surface area contributed by atoms with Crippen LogP contribution in [0.3, 0.4) is 0 Å². The fraction of sp³-hybridized carbons (Fsp3) is 0.148. The highest BCUT2D eigenvalue weighted by molar-refractivity contribution is 7.80. The van der Waals surface area contributed by atoms with Gasteiger partial charge in [-0.15, -0.1) is 0 Å². The van der Waals surface area contributed by atoms with Crippen LogP contribution in [0.2, 0.25) is 0 Å². The van der Waals surface area contributed by atoms with Gasteiger partial charge in [-0.1, -0.05) is 24.3 Å². The third kappa shape index (κ3) is 5.02. The molecule has 1 saturated heterocycles. The number of carbonyl (C=O) groups is 1. The van der Waals surface area contributed by atoms with Crippen LogP contribution >= 0.6 is 12.2 Å². The summed E-state index contributed by atoms with van der Waals surface area (Å²) in [5.74, 6) is 0.427. The molecule has 0 radical (unpaired) electrons. The Morgan fingerprint density at radius 2 is 1.80 bits per heavy atom. The lowest BCUT2D eigenvalue weighted by Gasteiger charge is -2.27. The molecule has 1 fully saturated rings. The number of aromatic nitrogens is 2. The molecular weight excluding hydrogens is 458 g/mol. The predicted molar refractivity (Wildman–Crippen MR) is 140 cm³/mol. The molecule has 1 amide bonds. The standard InChI is InChI=1S/C27H25N5O2S/c1-18-10-15-23(29-18)26-25(22-9-5-6-16-28-22)31-27(35)32(26)20-13-11-19(12-14-20)30-24(33)17-34-21-7-3-2-4-8-21/h2-16,25-26,29H,17H2,1H3,(H,30,33)(H,31,35)/t25-,26-/m0/s1. The van der Waals surface area contributed by atoms with Gasteiger partial charge in [0.25, 0.3) is 5.91 Å². The van der Waals surface area contributed by atoms with E-state index in [1.807, 2.05) is 79.7 Å². The summed E-state index contributed by atoms with van der Waals surface area (Å²) in [7, 11) is 0. The average Bonchev–Trinajstić information content (AvgIpc) is 3.47. The van der Waals surface area contributed by atoms with Gasteiger partial charge in [0.15, 0.2) is 11.7 Å². The lowest BCUT2D eigenvalue weighted by Crippen LogP contribution is -2.29. The van der Waals surface area contributed by atoms with Crippen molar-refractivity contribution in [2.45, 2.75) is 19.0 Å². The quantitative estimate of drug-likeness (QED) is 0.324. The number of aryl methyl sites for hydroxylation is 1. The number of carbonyl (C=O) groups excluding carboxylic acids is 1. The number of thiocarbonyl (C=S) groups is 1. The van der Waals surface area contributed by atoms with Crippen molar-refractivity contribution >= 4 is 34.6 Å². The zero-order valence-electron chi connectivity index (χ0n) is 19.1. The van der Waals surface area contributed by atoms with E-state index in [2.05, 4.69) is 37.6 Å². The Morgan fingerprint density at radius 1 is 1.03 bits per heavy atom. The van der Waals surface area contributed by atoms with E-state index in [4.69, 9.17) is 17.0 Å². The highest BCUT2D eigenvalue weighted by Gasteiger charge is 2.41. The second-order valence-electron chi connectivity index (χ2n) is 8.29. The third-order valence-electron chi connectivity index (χ3n) is 5.81. The number of para-hydroxylation sites is 1. The smallest absolute Gasteiger partial charge is 0.262 e. The number of hydrogen-bond acceptors (Lipinski definition) is 4. The second kappa shape index (κ2) is 9.99. The number of amides is 1. The molecule has 0 aliphatic carbocycles. The molecule has 35 heavy (non-hydrogen) atoms. The normalized spacial score (nSPS) is 17.2. The number of nitrogens with zero attached hydrogens (tertiary/aromatic N) is 2. The molecule has 2 aromatic heterocycles. The Kier molecular flexibility index (Phi) is 6.45. The van der Waals surface area contributed by atoms with Gasteiger partial charge in [-0.25, -0.2) is 0 Å². The number of rotatable bonds is 7. The van der Waals surface area contributed by atoms with Crippen LogP contribution < -0.4 is 20.3 Å². The number of pyridine rings is 1. The van der Waals surface area contributed by atoms with E-state index in [0.29, 0.717) is 16.5 Å². The van der Waals surface area contributed by atoms with E-state index in [1.165, 1.54) is 0 Å². The first-order valence-electron chi connectivity index (χ1n) is 11.3. The lowest BCUT2D eigenvalue weighted by molar-refractivity contribution is -0.118. The zero-order chi connectivity index (χ0) is 24.2. The average molecular weight is 484 g/mol. The minimum atomic E-state index is -0.227. The molecule has 7 nitrogen and oxygen atoms in total. The Bertz CT molecular complexity index is 1310. The van der Waals surface area contributed by atoms with Crippen LogP contribution in [0.5, 0.6) is 5.75 Å². The number of ether oxygens (including phenoxy) is 1. The van der Waals surface area contributed by atoms with Crippen molar-refractivity contribution in [3.63, 3.8) is 0 Å². The molecule has 0 spiro atoms. The molecule has 8 heteroatoms. The van der Waals surface area contributed by atoms with Crippen molar-refractivity contribution in [3.05, 3.63) is 108 Å². The van der Waals surface area contributed by atoms with Gasteiger partial charge in [0, 0.05) is 29.0 Å². The summed E-state index contributed by atoms with van der Waals surface area (Å²) < 4.78 is 5.52. The molecule has 3 heterocycles. The summed E-state index contributed by atoms with van der Waals surface area (Å²) in [5, 5.41) is 6.94. The molecule has 0 unspecified atom stereocenters. The number of anilines is 2. The number of H-pyrrole nitrogens is 1. The van der Waals surface area contributed by atoms with Gasteiger partial charge >= 0.3 is 0 Å². The summed E-state index contributed by atoms with van der Waals surface area (Å²) in [6.45, 7) is 1.97. The molecule has 1 aliphatic rings. The first kappa shape index (κ1) is 22.6. The Morgan fingerprint density at radius 3 is 2.49 bits per heavy atom. The van der Waals surface area contributed by atoms with Gasteiger partial charge in [-0.3, -0.25) is 9.78 Å². The van der Waals surface area contributed by atoms with Gasteiger partial charge in [-0.05, 0) is 79.8 Å². The van der Waals surface area contributed by atoms with Gasteiger partial charge in [-0.2, -0.15) is 0 Å². The minimum Gasteiger partial charge on any atom is -0.484 e. The van der Waals surface area contributed by atoms with E-state index in [-0.39, 0.29) is 24.6 Å². The second-order valence-corrected chi connectivity index (χ2v) is 8.68. The summed E-state index contributed by atoms with van der Waals surface area (Å²) in [4.78, 5) is 22.5. The van der Waals surface area contributed by atoms with Crippen molar-refractivity contribution in [2.24, 2.45) is 0 Å². The van der Waals surface area contributed by atoms with Crippen molar-refractivity contribution in [3.8, 4) is 5.75 Å². The largest absolute Gasteiger partial charge is 0.484 e. The number of aromatic amines is 1. The summed E-state index contributed by atoms with van der Waals surface area (Å²) in [6.07, 6.45) is 1.79. The highest BCUT2D eigenvalue weighted by Crippen LogP contribution is 2.41. The Balaban J connectivity index is 1.34. The van der Waals surface area contributed by atoms with E-state index in [1.54, 1.807) is 6.20 Å². The van der Waals surface area contributed by atoms with Gasteiger partial charge in [0.2, 0.25) is 0 Å². The van der Waals surface area contributed by atoms with Crippen LogP contribution in [0.15, 0.2) is 91.1 Å². The van der Waals surface area contributed by atoms with Crippen LogP contribution in [0, 0.1) is 6.92 Å². The van der Waals surface area contributed by atoms with Crippen molar-refractivity contribution in [2.75, 3.05) is 16.8 Å². The fourth-order valence-corrected chi connectivity index (χ4v) is 4.56. The highest BCUT2D eigenvalue weighted by atomic mass is 32.1. The third-order valence-corrected chi connectivity index (χ3v) is 6.13. The van der Waals surface area contributed by atoms with Crippen molar-refractivity contribution in [1.29, 1.82) is 0 Å². The summed E-state index contributed by atoms with van der Waals surface area (Å²) in [6, 6.07) is 26.7. The van der Waals surface area contributed by atoms with E-state index >= 15 is 0 Å². The first-order valence-corrected chi connectivity index (χ1v) is 11.7.